The van der Waals surface area contributed by atoms with Crippen molar-refractivity contribution in [3.63, 3.8) is 0 Å². The van der Waals surface area contributed by atoms with E-state index < -0.39 is 17.8 Å². The number of ether oxygens (including phenoxy) is 1. The Balaban J connectivity index is 2.70. The van der Waals surface area contributed by atoms with Crippen LogP contribution in [0.3, 0.4) is 0 Å². The van der Waals surface area contributed by atoms with Gasteiger partial charge < -0.3 is 9.84 Å². The predicted octanol–water partition coefficient (Wildman–Crippen LogP) is -0.0126. The summed E-state index contributed by atoms with van der Waals surface area (Å²) in [5, 5.41) is 10.3. The Kier molecular flexibility index (Phi) is 4.56. The first kappa shape index (κ1) is 13.4. The maximum atomic E-state index is 11.6. The van der Waals surface area contributed by atoms with Crippen LogP contribution in [0.5, 0.6) is 5.88 Å². The van der Waals surface area contributed by atoms with E-state index in [0.29, 0.717) is 6.08 Å². The number of pyridine rings is 1. The molecule has 1 aromatic heterocycles. The fraction of sp³-hybridized carbons (Fsp3) is 0.0909. The van der Waals surface area contributed by atoms with E-state index in [-0.39, 0.29) is 11.4 Å². The zero-order chi connectivity index (χ0) is 13.5. The van der Waals surface area contributed by atoms with E-state index in [0.717, 1.165) is 6.08 Å². The van der Waals surface area contributed by atoms with E-state index in [4.69, 9.17) is 9.84 Å². The van der Waals surface area contributed by atoms with Gasteiger partial charge in [-0.3, -0.25) is 14.9 Å². The molecule has 2 N–H and O–H groups in total. The summed E-state index contributed by atoms with van der Waals surface area (Å²) in [5.74, 6) is -2.53. The van der Waals surface area contributed by atoms with Crippen molar-refractivity contribution in [3.8, 4) is 5.88 Å². The van der Waals surface area contributed by atoms with E-state index in [1.165, 1.54) is 25.4 Å². The van der Waals surface area contributed by atoms with E-state index in [1.54, 1.807) is 0 Å². The van der Waals surface area contributed by atoms with Gasteiger partial charge in [-0.05, 0) is 6.07 Å². The summed E-state index contributed by atoms with van der Waals surface area (Å²) < 4.78 is 4.82. The van der Waals surface area contributed by atoms with E-state index >= 15 is 0 Å². The largest absolute Gasteiger partial charge is 0.481 e. The topological polar surface area (TPSA) is 106 Å². The molecule has 7 heteroatoms. The average molecular weight is 250 g/mol. The van der Waals surface area contributed by atoms with Crippen molar-refractivity contribution >= 4 is 17.8 Å². The molecule has 0 spiro atoms. The third-order valence-corrected chi connectivity index (χ3v) is 1.82. The van der Waals surface area contributed by atoms with Crippen LogP contribution in [0.4, 0.5) is 0 Å². The molecule has 7 nitrogen and oxygen atoms in total. The van der Waals surface area contributed by atoms with Gasteiger partial charge in [-0.2, -0.15) is 0 Å². The highest BCUT2D eigenvalue weighted by Crippen LogP contribution is 2.08. The number of carbonyl (C=O) groups excluding carboxylic acids is 2. The maximum absolute atomic E-state index is 11.6. The smallest absolute Gasteiger partial charge is 0.328 e. The van der Waals surface area contributed by atoms with Gasteiger partial charge >= 0.3 is 5.97 Å². The predicted molar refractivity (Wildman–Crippen MR) is 60.0 cm³/mol. The van der Waals surface area contributed by atoms with Crippen LogP contribution in [0.15, 0.2) is 30.5 Å². The fourth-order valence-electron chi connectivity index (χ4n) is 1.04. The molecule has 0 atom stereocenters. The number of carbonyl (C=O) groups is 3. The van der Waals surface area contributed by atoms with Crippen molar-refractivity contribution in [2.45, 2.75) is 0 Å². The molecule has 1 aromatic rings. The zero-order valence-corrected chi connectivity index (χ0v) is 9.41. The second kappa shape index (κ2) is 6.14. The minimum absolute atomic E-state index is 0.180. The molecular formula is C11H10N2O5. The Labute approximate surface area is 102 Å². The summed E-state index contributed by atoms with van der Waals surface area (Å²) in [5.41, 5.74) is 0.180. The number of methoxy groups -OCH3 is 1. The summed E-state index contributed by atoms with van der Waals surface area (Å²) in [6.45, 7) is 0. The number of aliphatic carboxylic acids is 1. The molecule has 94 valence electrons. The third-order valence-electron chi connectivity index (χ3n) is 1.82. The Morgan fingerprint density at radius 1 is 1.39 bits per heavy atom. The van der Waals surface area contributed by atoms with Crippen LogP contribution in [-0.2, 0) is 9.59 Å². The lowest BCUT2D eigenvalue weighted by atomic mass is 10.2. The van der Waals surface area contributed by atoms with Crippen molar-refractivity contribution < 1.29 is 24.2 Å². The molecule has 0 saturated heterocycles. The van der Waals surface area contributed by atoms with Gasteiger partial charge in [0.05, 0.1) is 7.11 Å². The first-order valence-corrected chi connectivity index (χ1v) is 4.79. The van der Waals surface area contributed by atoms with Crippen molar-refractivity contribution in [1.29, 1.82) is 0 Å². The van der Waals surface area contributed by atoms with Gasteiger partial charge in [0.2, 0.25) is 5.88 Å². The molecule has 0 bridgehead atoms. The number of rotatable bonds is 4. The minimum atomic E-state index is -1.27. The van der Waals surface area contributed by atoms with Crippen molar-refractivity contribution in [3.05, 3.63) is 36.0 Å². The Hall–Kier alpha value is -2.70. The highest BCUT2D eigenvalue weighted by Gasteiger charge is 2.09. The van der Waals surface area contributed by atoms with Gasteiger partial charge in [-0.15, -0.1) is 0 Å². The summed E-state index contributed by atoms with van der Waals surface area (Å²) >= 11 is 0. The maximum Gasteiger partial charge on any atom is 0.328 e. The number of carboxylic acids is 1. The van der Waals surface area contributed by atoms with Crippen LogP contribution in [0.25, 0.3) is 0 Å². The molecule has 2 amide bonds. The molecule has 0 unspecified atom stereocenters. The lowest BCUT2D eigenvalue weighted by Crippen LogP contribution is -2.29. The molecule has 0 aliphatic rings. The normalized spacial score (nSPS) is 10.1. The highest BCUT2D eigenvalue weighted by atomic mass is 16.5. The number of hydrogen-bond acceptors (Lipinski definition) is 5. The fourth-order valence-corrected chi connectivity index (χ4v) is 1.04. The molecule has 0 aliphatic carbocycles. The number of amides is 2. The number of aromatic nitrogens is 1. The summed E-state index contributed by atoms with van der Waals surface area (Å²) in [6, 6.07) is 2.75. The van der Waals surface area contributed by atoms with Gasteiger partial charge in [0, 0.05) is 30.0 Å². The number of imide groups is 1. The Morgan fingerprint density at radius 2 is 2.11 bits per heavy atom. The van der Waals surface area contributed by atoms with E-state index in [1.807, 2.05) is 5.32 Å². The van der Waals surface area contributed by atoms with Gasteiger partial charge in [0.15, 0.2) is 0 Å². The molecule has 1 rings (SSSR count). The van der Waals surface area contributed by atoms with Crippen LogP contribution >= 0.6 is 0 Å². The minimum Gasteiger partial charge on any atom is -0.481 e. The zero-order valence-electron chi connectivity index (χ0n) is 9.41. The van der Waals surface area contributed by atoms with Crippen LogP contribution < -0.4 is 10.1 Å². The van der Waals surface area contributed by atoms with Crippen LogP contribution in [0.2, 0.25) is 0 Å². The summed E-state index contributed by atoms with van der Waals surface area (Å²) in [4.78, 5) is 36.7. The molecule has 0 aromatic carbocycles. The van der Waals surface area contributed by atoms with Gasteiger partial charge in [0.25, 0.3) is 11.8 Å². The third kappa shape index (κ3) is 4.05. The molecule has 18 heavy (non-hydrogen) atoms. The molecule has 0 saturated carbocycles. The lowest BCUT2D eigenvalue weighted by molar-refractivity contribution is -0.131. The molecule has 1 heterocycles. The summed E-state index contributed by atoms with van der Waals surface area (Å²) in [6.07, 6.45) is 2.74. The Bertz CT molecular complexity index is 510. The molecule has 0 radical (unpaired) electrons. The number of carboxylic acid groups (broad SMARTS) is 1. The highest BCUT2D eigenvalue weighted by molar-refractivity contribution is 6.09. The number of nitrogens with one attached hydrogen (secondary N) is 1. The standard InChI is InChI=1S/C11H10N2O5/c1-18-9-6-7(4-5-12-9)11(17)13-8(14)2-3-10(15)16/h2-6H,1H3,(H,15,16)(H,13,14,17)/b3-2-. The number of nitrogens with zero attached hydrogens (tertiary/aromatic N) is 1. The van der Waals surface area contributed by atoms with Crippen LogP contribution in [-0.4, -0.2) is 35.0 Å². The average Bonchev–Trinajstić information content (AvgIpc) is 2.36. The second-order valence-corrected chi connectivity index (χ2v) is 3.08. The monoisotopic (exact) mass is 250 g/mol. The SMILES string of the molecule is COc1cc(C(=O)NC(=O)/C=C\C(=O)O)ccn1. The van der Waals surface area contributed by atoms with Crippen molar-refractivity contribution in [1.82, 2.24) is 10.3 Å². The molecular weight excluding hydrogens is 240 g/mol. The molecule has 0 aliphatic heterocycles. The first-order valence-electron chi connectivity index (χ1n) is 4.79. The van der Waals surface area contributed by atoms with Crippen molar-refractivity contribution in [2.24, 2.45) is 0 Å². The van der Waals surface area contributed by atoms with Gasteiger partial charge in [0.1, 0.15) is 0 Å². The van der Waals surface area contributed by atoms with Crippen LogP contribution in [0, 0.1) is 0 Å². The van der Waals surface area contributed by atoms with Crippen LogP contribution in [0.1, 0.15) is 10.4 Å². The van der Waals surface area contributed by atoms with E-state index in [2.05, 4.69) is 4.98 Å². The van der Waals surface area contributed by atoms with Crippen molar-refractivity contribution in [2.75, 3.05) is 7.11 Å². The van der Waals surface area contributed by atoms with E-state index in [9.17, 15) is 14.4 Å². The van der Waals surface area contributed by atoms with Gasteiger partial charge in [-0.1, -0.05) is 0 Å². The number of hydrogen-bond donors (Lipinski definition) is 2. The first-order chi connectivity index (χ1) is 8.52. The Morgan fingerprint density at radius 3 is 2.72 bits per heavy atom. The molecule has 0 fully saturated rings. The quantitative estimate of drug-likeness (QED) is 0.728. The second-order valence-electron chi connectivity index (χ2n) is 3.08. The lowest BCUT2D eigenvalue weighted by Gasteiger charge is -2.02. The summed E-state index contributed by atoms with van der Waals surface area (Å²) in [7, 11) is 1.39. The van der Waals surface area contributed by atoms with Gasteiger partial charge in [-0.25, -0.2) is 9.78 Å².